The normalized spacial score (nSPS) is 19.6. The van der Waals surface area contributed by atoms with Crippen LogP contribution in [0.5, 0.6) is 5.75 Å². The van der Waals surface area contributed by atoms with Crippen LogP contribution in [0, 0.1) is 6.92 Å². The minimum atomic E-state index is -0.637. The van der Waals surface area contributed by atoms with Crippen LogP contribution in [-0.4, -0.2) is 39.8 Å². The van der Waals surface area contributed by atoms with Crippen molar-refractivity contribution in [2.45, 2.75) is 39.2 Å². The molecule has 6 nitrogen and oxygen atoms in total. The third kappa shape index (κ3) is 3.09. The number of carbonyl (C=O) groups excluding carboxylic acids is 2. The van der Waals surface area contributed by atoms with Crippen LogP contribution in [0.4, 0.5) is 0 Å². The number of ketones is 1. The van der Waals surface area contributed by atoms with Gasteiger partial charge in [0.1, 0.15) is 11.5 Å². The summed E-state index contributed by atoms with van der Waals surface area (Å²) in [5.74, 6) is -0.523. The molecule has 0 bridgehead atoms. The number of hydrogen-bond acceptors (Lipinski definition) is 4. The quantitative estimate of drug-likeness (QED) is 0.351. The molecule has 1 amide bonds. The smallest absolute Gasteiger partial charge is 0.295 e. The number of carbonyl (C=O) groups is 2. The number of nitrogens with one attached hydrogen (secondary N) is 1. The Bertz CT molecular complexity index is 1270. The number of nitrogens with zero attached hydrogens (tertiary/aromatic N) is 1. The summed E-state index contributed by atoms with van der Waals surface area (Å²) >= 11 is 0. The van der Waals surface area contributed by atoms with Crippen molar-refractivity contribution in [3.8, 4) is 5.75 Å². The first-order chi connectivity index (χ1) is 15.5. The van der Waals surface area contributed by atoms with E-state index in [1.54, 1.807) is 11.0 Å². The van der Waals surface area contributed by atoms with Crippen LogP contribution in [0.1, 0.15) is 48.2 Å². The molecule has 5 rings (SSSR count). The topological polar surface area (TPSA) is 82.6 Å². The van der Waals surface area contributed by atoms with Gasteiger partial charge < -0.3 is 19.7 Å². The molecule has 0 spiro atoms. The van der Waals surface area contributed by atoms with Gasteiger partial charge in [-0.15, -0.1) is 0 Å². The highest BCUT2D eigenvalue weighted by Crippen LogP contribution is 2.44. The monoisotopic (exact) mass is 430 g/mol. The summed E-state index contributed by atoms with van der Waals surface area (Å²) in [6.45, 7) is 5.06. The number of hydrogen-bond donors (Lipinski definition) is 2. The number of amides is 1. The molecule has 1 fully saturated rings. The molecule has 2 N–H and O–H groups in total. The van der Waals surface area contributed by atoms with Gasteiger partial charge in [0.25, 0.3) is 11.7 Å². The summed E-state index contributed by atoms with van der Waals surface area (Å²) < 4.78 is 5.57. The molecular weight excluding hydrogens is 404 g/mol. The molecule has 2 aliphatic heterocycles. The fourth-order valence-electron chi connectivity index (χ4n) is 4.88. The highest BCUT2D eigenvalue weighted by Gasteiger charge is 2.47. The molecule has 6 heteroatoms. The summed E-state index contributed by atoms with van der Waals surface area (Å²) in [6, 6.07) is 12.6. The lowest BCUT2D eigenvalue weighted by Gasteiger charge is -2.25. The Balaban J connectivity index is 1.72. The fourth-order valence-corrected chi connectivity index (χ4v) is 4.88. The maximum absolute atomic E-state index is 13.2. The zero-order valence-corrected chi connectivity index (χ0v) is 18.3. The molecule has 2 aromatic carbocycles. The van der Waals surface area contributed by atoms with E-state index in [1.165, 1.54) is 0 Å². The van der Waals surface area contributed by atoms with Gasteiger partial charge in [0.15, 0.2) is 0 Å². The number of ether oxygens (including phenoxy) is 1. The minimum Gasteiger partial charge on any atom is -0.507 e. The van der Waals surface area contributed by atoms with Gasteiger partial charge >= 0.3 is 0 Å². The number of aromatic amines is 1. The van der Waals surface area contributed by atoms with Crippen molar-refractivity contribution in [1.29, 1.82) is 0 Å². The van der Waals surface area contributed by atoms with Crippen molar-refractivity contribution in [1.82, 2.24) is 9.88 Å². The van der Waals surface area contributed by atoms with Gasteiger partial charge in [-0.2, -0.15) is 0 Å². The fraction of sp³-hybridized carbons (Fsp3) is 0.308. The predicted molar refractivity (Wildman–Crippen MR) is 123 cm³/mol. The molecule has 1 atom stereocenters. The second-order valence-corrected chi connectivity index (χ2v) is 8.48. The van der Waals surface area contributed by atoms with E-state index in [2.05, 4.69) is 11.9 Å². The summed E-state index contributed by atoms with van der Waals surface area (Å²) in [6.07, 6.45) is 2.43. The number of likely N-dealkylation sites (tertiary alicyclic amines) is 1. The molecule has 1 unspecified atom stereocenters. The van der Waals surface area contributed by atoms with Crippen LogP contribution in [0.25, 0.3) is 16.7 Å². The van der Waals surface area contributed by atoms with Crippen molar-refractivity contribution in [3.63, 3.8) is 0 Å². The first-order valence-electron chi connectivity index (χ1n) is 11.1. The van der Waals surface area contributed by atoms with Gasteiger partial charge in [-0.3, -0.25) is 9.59 Å². The Hall–Kier alpha value is -3.54. The Morgan fingerprint density at radius 1 is 1.22 bits per heavy atom. The van der Waals surface area contributed by atoms with Crippen LogP contribution >= 0.6 is 0 Å². The molecule has 2 aliphatic rings. The van der Waals surface area contributed by atoms with Crippen molar-refractivity contribution in [2.24, 2.45) is 0 Å². The number of Topliss-reactive ketones (excluding diaryl/α,β-unsaturated/α-hetero) is 1. The van der Waals surface area contributed by atoms with Crippen molar-refractivity contribution < 1.29 is 19.4 Å². The number of H-pyrrole nitrogens is 1. The van der Waals surface area contributed by atoms with Crippen molar-refractivity contribution >= 4 is 28.4 Å². The maximum atomic E-state index is 13.2. The molecular formula is C26H26N2O4. The molecule has 0 aliphatic carbocycles. The van der Waals surface area contributed by atoms with E-state index in [0.29, 0.717) is 18.7 Å². The lowest BCUT2D eigenvalue weighted by atomic mass is 9.92. The van der Waals surface area contributed by atoms with Gasteiger partial charge in [0, 0.05) is 40.7 Å². The van der Waals surface area contributed by atoms with Crippen LogP contribution in [0.3, 0.4) is 0 Å². The summed E-state index contributed by atoms with van der Waals surface area (Å²) in [5.41, 5.74) is 4.36. The molecule has 3 heterocycles. The van der Waals surface area contributed by atoms with Crippen LogP contribution < -0.4 is 4.74 Å². The van der Waals surface area contributed by atoms with E-state index in [-0.39, 0.29) is 11.3 Å². The zero-order valence-electron chi connectivity index (χ0n) is 18.3. The zero-order chi connectivity index (χ0) is 22.4. The second kappa shape index (κ2) is 7.86. The number of para-hydroxylation sites is 1. The SMILES string of the molecule is CCCCN1C(=O)C(=O)/C(=C(/O)c2ccc3c(c2)CCO3)C1c1c(C)[nH]c2ccccc12. The van der Waals surface area contributed by atoms with Crippen LogP contribution in [0.15, 0.2) is 48.0 Å². The van der Waals surface area contributed by atoms with Crippen LogP contribution in [-0.2, 0) is 16.0 Å². The molecule has 0 radical (unpaired) electrons. The van der Waals surface area contributed by atoms with Gasteiger partial charge in [0.05, 0.1) is 18.2 Å². The Labute approximate surface area is 186 Å². The Kier molecular flexibility index (Phi) is 5.00. The summed E-state index contributed by atoms with van der Waals surface area (Å²) in [7, 11) is 0. The highest BCUT2D eigenvalue weighted by molar-refractivity contribution is 6.46. The average Bonchev–Trinajstić information content (AvgIpc) is 3.46. The lowest BCUT2D eigenvalue weighted by molar-refractivity contribution is -0.139. The molecule has 1 saturated heterocycles. The molecule has 0 saturated carbocycles. The molecule has 32 heavy (non-hydrogen) atoms. The van der Waals surface area contributed by atoms with E-state index in [1.807, 2.05) is 43.3 Å². The van der Waals surface area contributed by atoms with E-state index in [4.69, 9.17) is 4.74 Å². The Morgan fingerprint density at radius 2 is 2.03 bits per heavy atom. The number of aromatic nitrogens is 1. The molecule has 1 aromatic heterocycles. The second-order valence-electron chi connectivity index (χ2n) is 8.48. The van der Waals surface area contributed by atoms with E-state index in [0.717, 1.165) is 52.7 Å². The largest absolute Gasteiger partial charge is 0.507 e. The first-order valence-corrected chi connectivity index (χ1v) is 11.1. The third-order valence-electron chi connectivity index (χ3n) is 6.47. The van der Waals surface area contributed by atoms with Gasteiger partial charge in [-0.05, 0) is 43.2 Å². The van der Waals surface area contributed by atoms with Crippen LogP contribution in [0.2, 0.25) is 0 Å². The Morgan fingerprint density at radius 3 is 2.84 bits per heavy atom. The number of fused-ring (bicyclic) bond motifs is 2. The lowest BCUT2D eigenvalue weighted by Crippen LogP contribution is -2.30. The maximum Gasteiger partial charge on any atom is 0.295 e. The number of aryl methyl sites for hydroxylation is 1. The third-order valence-corrected chi connectivity index (χ3v) is 6.47. The predicted octanol–water partition coefficient (Wildman–Crippen LogP) is 4.63. The molecule has 3 aromatic rings. The van der Waals surface area contributed by atoms with Gasteiger partial charge in [0.2, 0.25) is 0 Å². The number of unbranched alkanes of at least 4 members (excludes halogenated alkanes) is 1. The number of benzene rings is 2. The van der Waals surface area contributed by atoms with Gasteiger partial charge in [-0.1, -0.05) is 31.5 Å². The summed E-state index contributed by atoms with van der Waals surface area (Å²) in [4.78, 5) is 31.3. The van der Waals surface area contributed by atoms with Crippen molar-refractivity contribution in [2.75, 3.05) is 13.2 Å². The number of rotatable bonds is 5. The van der Waals surface area contributed by atoms with Gasteiger partial charge in [-0.25, -0.2) is 0 Å². The standard InChI is InChI=1S/C26H26N2O4/c1-3-4-12-28-23(21-15(2)27-19-8-6-5-7-18(19)21)22(25(30)26(28)31)24(29)17-9-10-20-16(14-17)11-13-32-20/h5-10,14,23,27,29H,3-4,11-13H2,1-2H3/b24-22+. The van der Waals surface area contributed by atoms with Crippen molar-refractivity contribution in [3.05, 3.63) is 70.4 Å². The number of aliphatic hydroxyl groups excluding tert-OH is 1. The minimum absolute atomic E-state index is 0.133. The summed E-state index contributed by atoms with van der Waals surface area (Å²) in [5, 5.41) is 12.3. The average molecular weight is 431 g/mol. The number of aliphatic hydroxyl groups is 1. The van der Waals surface area contributed by atoms with E-state index >= 15 is 0 Å². The molecule has 164 valence electrons. The highest BCUT2D eigenvalue weighted by atomic mass is 16.5. The first kappa shape index (κ1) is 20.4. The van der Waals surface area contributed by atoms with E-state index < -0.39 is 17.7 Å². The van der Waals surface area contributed by atoms with E-state index in [9.17, 15) is 14.7 Å².